The maximum Gasteiger partial charge on any atom is 0.226 e. The van der Waals surface area contributed by atoms with E-state index in [0.717, 1.165) is 0 Å². The van der Waals surface area contributed by atoms with Crippen molar-refractivity contribution in [1.29, 1.82) is 0 Å². The lowest BCUT2D eigenvalue weighted by molar-refractivity contribution is 0.0410. The maximum atomic E-state index is 6.04. The Labute approximate surface area is 90.0 Å². The summed E-state index contributed by atoms with van der Waals surface area (Å²) in [5.41, 5.74) is 5.35. The second-order valence-corrected chi connectivity index (χ2v) is 4.14. The molecule has 1 rings (SSSR count). The molecule has 0 aliphatic rings. The third-order valence-electron chi connectivity index (χ3n) is 2.00. The highest BCUT2D eigenvalue weighted by Gasteiger charge is 2.28. The molecular weight excluding hydrogens is 194 g/mol. The molecule has 5 nitrogen and oxygen atoms in total. The van der Waals surface area contributed by atoms with Crippen molar-refractivity contribution >= 4 is 0 Å². The van der Waals surface area contributed by atoms with Gasteiger partial charge in [0, 0.05) is 6.42 Å². The van der Waals surface area contributed by atoms with Gasteiger partial charge in [0.2, 0.25) is 5.89 Å². The number of nitrogens with zero attached hydrogens (tertiary/aromatic N) is 2. The Kier molecular flexibility index (Phi) is 3.82. The van der Waals surface area contributed by atoms with Gasteiger partial charge in [-0.2, -0.15) is 4.98 Å². The molecule has 0 saturated heterocycles. The van der Waals surface area contributed by atoms with Crippen molar-refractivity contribution in [2.45, 2.75) is 45.8 Å². The van der Waals surface area contributed by atoms with Gasteiger partial charge in [0.1, 0.15) is 5.54 Å². The molecule has 0 aliphatic carbocycles. The highest BCUT2D eigenvalue weighted by Crippen LogP contribution is 2.15. The topological polar surface area (TPSA) is 74.2 Å². The zero-order valence-corrected chi connectivity index (χ0v) is 9.78. The number of rotatable bonds is 5. The van der Waals surface area contributed by atoms with Gasteiger partial charge in [-0.1, -0.05) is 12.1 Å². The van der Waals surface area contributed by atoms with Crippen LogP contribution in [0.25, 0.3) is 0 Å². The van der Waals surface area contributed by atoms with Crippen LogP contribution in [-0.4, -0.2) is 22.9 Å². The van der Waals surface area contributed by atoms with E-state index in [9.17, 15) is 0 Å². The zero-order valence-electron chi connectivity index (χ0n) is 9.78. The highest BCUT2D eigenvalue weighted by molar-refractivity contribution is 5.01. The van der Waals surface area contributed by atoms with Crippen LogP contribution in [0.3, 0.4) is 0 Å². The summed E-state index contributed by atoms with van der Waals surface area (Å²) in [6.07, 6.45) is 0.860. The molecule has 0 fully saturated rings. The number of aromatic nitrogens is 2. The first kappa shape index (κ1) is 12.1. The van der Waals surface area contributed by atoms with E-state index in [2.05, 4.69) is 10.1 Å². The molecule has 0 bridgehead atoms. The van der Waals surface area contributed by atoms with Crippen molar-refractivity contribution < 1.29 is 9.26 Å². The van der Waals surface area contributed by atoms with Crippen LogP contribution in [0.5, 0.6) is 0 Å². The fourth-order valence-corrected chi connectivity index (χ4v) is 1.03. The summed E-state index contributed by atoms with van der Waals surface area (Å²) in [6.45, 7) is 8.09. The molecule has 0 amide bonds. The summed E-state index contributed by atoms with van der Waals surface area (Å²) in [4.78, 5) is 4.20. The van der Waals surface area contributed by atoms with Gasteiger partial charge in [-0.3, -0.25) is 0 Å². The van der Waals surface area contributed by atoms with Gasteiger partial charge < -0.3 is 15.0 Å². The molecule has 1 atom stereocenters. The smallest absolute Gasteiger partial charge is 0.226 e. The minimum Gasteiger partial charge on any atom is -0.376 e. The van der Waals surface area contributed by atoms with Crippen molar-refractivity contribution in [3.63, 3.8) is 0 Å². The molecule has 0 aromatic carbocycles. The van der Waals surface area contributed by atoms with Gasteiger partial charge in [-0.25, -0.2) is 0 Å². The Balaban J connectivity index is 2.67. The molecule has 86 valence electrons. The lowest BCUT2D eigenvalue weighted by Gasteiger charge is -2.21. The summed E-state index contributed by atoms with van der Waals surface area (Å²) in [7, 11) is 0. The standard InChI is InChI=1S/C10H19N3O2/c1-5-8-12-9(13-15-8)10(4,11)6-14-7(2)3/h7H,5-6,11H2,1-4H3. The van der Waals surface area contributed by atoms with Crippen LogP contribution in [0.2, 0.25) is 0 Å². The minimum absolute atomic E-state index is 0.144. The first-order valence-corrected chi connectivity index (χ1v) is 5.19. The molecule has 2 N–H and O–H groups in total. The summed E-state index contributed by atoms with van der Waals surface area (Å²) < 4.78 is 10.5. The van der Waals surface area contributed by atoms with E-state index in [1.807, 2.05) is 27.7 Å². The van der Waals surface area contributed by atoms with Gasteiger partial charge in [-0.15, -0.1) is 0 Å². The van der Waals surface area contributed by atoms with Gasteiger partial charge in [-0.05, 0) is 20.8 Å². The number of hydrogen-bond acceptors (Lipinski definition) is 5. The molecule has 1 heterocycles. The Bertz CT molecular complexity index is 307. The maximum absolute atomic E-state index is 6.04. The predicted octanol–water partition coefficient (Wildman–Crippen LogP) is 1.23. The monoisotopic (exact) mass is 213 g/mol. The SMILES string of the molecule is CCc1nc(C(C)(N)COC(C)C)no1. The first-order chi connectivity index (χ1) is 6.95. The average molecular weight is 213 g/mol. The van der Waals surface area contributed by atoms with Crippen molar-refractivity contribution in [2.24, 2.45) is 5.73 Å². The third-order valence-corrected chi connectivity index (χ3v) is 2.00. The number of ether oxygens (including phenoxy) is 1. The van der Waals surface area contributed by atoms with Crippen molar-refractivity contribution in [3.05, 3.63) is 11.7 Å². The molecule has 1 aromatic rings. The van der Waals surface area contributed by atoms with Crippen molar-refractivity contribution in [3.8, 4) is 0 Å². The van der Waals surface area contributed by atoms with E-state index in [-0.39, 0.29) is 6.10 Å². The predicted molar refractivity (Wildman–Crippen MR) is 56.3 cm³/mol. The van der Waals surface area contributed by atoms with Gasteiger partial charge in [0.15, 0.2) is 5.82 Å². The Morgan fingerprint density at radius 3 is 2.67 bits per heavy atom. The zero-order chi connectivity index (χ0) is 11.5. The molecular formula is C10H19N3O2. The summed E-state index contributed by atoms with van der Waals surface area (Å²) in [5.74, 6) is 1.10. The Hall–Kier alpha value is -0.940. The lowest BCUT2D eigenvalue weighted by Crippen LogP contribution is -2.40. The quantitative estimate of drug-likeness (QED) is 0.796. The molecule has 15 heavy (non-hydrogen) atoms. The fourth-order valence-electron chi connectivity index (χ4n) is 1.03. The van der Waals surface area contributed by atoms with Gasteiger partial charge in [0.05, 0.1) is 12.7 Å². The minimum atomic E-state index is -0.693. The summed E-state index contributed by atoms with van der Waals surface area (Å²) in [6, 6.07) is 0. The highest BCUT2D eigenvalue weighted by atomic mass is 16.5. The number of aryl methyl sites for hydroxylation is 1. The second-order valence-electron chi connectivity index (χ2n) is 4.14. The van der Waals surface area contributed by atoms with E-state index in [1.54, 1.807) is 0 Å². The Morgan fingerprint density at radius 2 is 2.20 bits per heavy atom. The van der Waals surface area contributed by atoms with Crippen LogP contribution in [-0.2, 0) is 16.7 Å². The molecule has 0 saturated carbocycles. The van der Waals surface area contributed by atoms with Crippen LogP contribution in [0.4, 0.5) is 0 Å². The lowest BCUT2D eigenvalue weighted by atomic mass is 10.1. The second kappa shape index (κ2) is 4.72. The summed E-state index contributed by atoms with van der Waals surface area (Å²) in [5, 5.41) is 3.85. The largest absolute Gasteiger partial charge is 0.376 e. The Morgan fingerprint density at radius 1 is 1.53 bits per heavy atom. The van der Waals surface area contributed by atoms with Crippen LogP contribution in [0.1, 0.15) is 39.4 Å². The van der Waals surface area contributed by atoms with Gasteiger partial charge >= 0.3 is 0 Å². The van der Waals surface area contributed by atoms with E-state index in [0.29, 0.717) is 24.7 Å². The molecule has 1 unspecified atom stereocenters. The van der Waals surface area contributed by atoms with Crippen molar-refractivity contribution in [2.75, 3.05) is 6.61 Å². The molecule has 0 spiro atoms. The van der Waals surface area contributed by atoms with E-state index in [1.165, 1.54) is 0 Å². The molecule has 5 heteroatoms. The van der Waals surface area contributed by atoms with Crippen LogP contribution in [0.15, 0.2) is 4.52 Å². The summed E-state index contributed by atoms with van der Waals surface area (Å²) >= 11 is 0. The normalized spacial score (nSPS) is 15.6. The molecule has 0 aliphatic heterocycles. The number of hydrogen-bond donors (Lipinski definition) is 1. The average Bonchev–Trinajstić information content (AvgIpc) is 2.63. The number of nitrogens with two attached hydrogens (primary N) is 1. The van der Waals surface area contributed by atoms with Crippen LogP contribution in [0, 0.1) is 0 Å². The first-order valence-electron chi connectivity index (χ1n) is 5.19. The van der Waals surface area contributed by atoms with E-state index in [4.69, 9.17) is 15.0 Å². The van der Waals surface area contributed by atoms with Crippen LogP contribution < -0.4 is 5.73 Å². The third kappa shape index (κ3) is 3.28. The molecule has 1 aromatic heterocycles. The molecule has 0 radical (unpaired) electrons. The van der Waals surface area contributed by atoms with E-state index >= 15 is 0 Å². The van der Waals surface area contributed by atoms with Crippen LogP contribution >= 0.6 is 0 Å². The van der Waals surface area contributed by atoms with E-state index < -0.39 is 5.54 Å². The van der Waals surface area contributed by atoms with Crippen molar-refractivity contribution in [1.82, 2.24) is 10.1 Å². The fraction of sp³-hybridized carbons (Fsp3) is 0.800. The van der Waals surface area contributed by atoms with Gasteiger partial charge in [0.25, 0.3) is 0 Å².